The summed E-state index contributed by atoms with van der Waals surface area (Å²) in [5, 5.41) is 0. The van der Waals surface area contributed by atoms with Crippen molar-refractivity contribution in [1.82, 2.24) is 9.80 Å². The van der Waals surface area contributed by atoms with Gasteiger partial charge in [0.05, 0.1) is 12.2 Å². The Hall–Kier alpha value is -2.63. The van der Waals surface area contributed by atoms with Gasteiger partial charge >= 0.3 is 5.97 Å². The van der Waals surface area contributed by atoms with Crippen LogP contribution in [0.1, 0.15) is 44.6 Å². The highest BCUT2D eigenvalue weighted by molar-refractivity contribution is 5.97. The third kappa shape index (κ3) is 4.04. The molecule has 6 nitrogen and oxygen atoms in total. The van der Waals surface area contributed by atoms with Gasteiger partial charge in [0.1, 0.15) is 6.54 Å². The van der Waals surface area contributed by atoms with Crippen LogP contribution in [-0.2, 0) is 19.1 Å². The van der Waals surface area contributed by atoms with Gasteiger partial charge < -0.3 is 14.5 Å². The topological polar surface area (TPSA) is 66.9 Å². The zero-order chi connectivity index (χ0) is 19.4. The Labute approximate surface area is 159 Å². The lowest BCUT2D eigenvalue weighted by atomic mass is 9.83. The van der Waals surface area contributed by atoms with Crippen LogP contribution in [0.3, 0.4) is 0 Å². The van der Waals surface area contributed by atoms with Crippen LogP contribution in [0.15, 0.2) is 41.6 Å². The predicted molar refractivity (Wildman–Crippen MR) is 101 cm³/mol. The monoisotopic (exact) mass is 370 g/mol. The molecule has 144 valence electrons. The molecule has 2 amide bonds. The molecule has 2 aliphatic rings. The van der Waals surface area contributed by atoms with Gasteiger partial charge in [0, 0.05) is 31.1 Å². The smallest absolute Gasteiger partial charge is 0.336 e. The first-order valence-corrected chi connectivity index (χ1v) is 9.54. The summed E-state index contributed by atoms with van der Waals surface area (Å²) in [6.45, 7) is 5.21. The summed E-state index contributed by atoms with van der Waals surface area (Å²) in [4.78, 5) is 41.3. The molecule has 3 rings (SSSR count). The first-order chi connectivity index (χ1) is 13.0. The van der Waals surface area contributed by atoms with Crippen molar-refractivity contribution in [3.8, 4) is 0 Å². The average Bonchev–Trinajstić information content (AvgIpc) is 3.20. The van der Waals surface area contributed by atoms with E-state index in [0.717, 1.165) is 31.5 Å². The summed E-state index contributed by atoms with van der Waals surface area (Å²) in [5.74, 6) is -0.977. The molecule has 0 saturated carbocycles. The maximum absolute atomic E-state index is 12.8. The Morgan fingerprint density at radius 2 is 1.81 bits per heavy atom. The lowest BCUT2D eigenvalue weighted by Gasteiger charge is -2.34. The number of ether oxygens (including phenoxy) is 1. The molecular formula is C21H26N2O4. The van der Waals surface area contributed by atoms with E-state index in [0.29, 0.717) is 11.3 Å². The van der Waals surface area contributed by atoms with Crippen LogP contribution in [0.5, 0.6) is 0 Å². The fraction of sp³-hybridized carbons (Fsp3) is 0.476. The summed E-state index contributed by atoms with van der Waals surface area (Å²) in [6.07, 6.45) is 2.15. The van der Waals surface area contributed by atoms with E-state index in [1.165, 1.54) is 4.90 Å². The van der Waals surface area contributed by atoms with Gasteiger partial charge in [-0.2, -0.15) is 0 Å². The number of benzene rings is 1. The number of carbonyl (C=O) groups is 3. The van der Waals surface area contributed by atoms with Gasteiger partial charge in [0.25, 0.3) is 0 Å². The van der Waals surface area contributed by atoms with Crippen LogP contribution in [-0.4, -0.2) is 53.8 Å². The third-order valence-electron chi connectivity index (χ3n) is 5.27. The third-order valence-corrected chi connectivity index (χ3v) is 5.27. The van der Waals surface area contributed by atoms with Crippen molar-refractivity contribution in [2.24, 2.45) is 0 Å². The van der Waals surface area contributed by atoms with Crippen LogP contribution in [0.2, 0.25) is 0 Å². The standard InChI is InChI=1S/C21H26N2O4/c1-3-27-21(26)20-15(2)23(14-19(25)22-11-7-8-12-22)18(24)13-17(20)16-9-5-4-6-10-16/h4-6,9-10,17H,3,7-8,11-14H2,1-2H3. The maximum Gasteiger partial charge on any atom is 0.336 e. The van der Waals surface area contributed by atoms with Crippen LogP contribution < -0.4 is 0 Å². The summed E-state index contributed by atoms with van der Waals surface area (Å²) in [7, 11) is 0. The van der Waals surface area contributed by atoms with Crippen molar-refractivity contribution in [2.45, 2.75) is 39.0 Å². The van der Waals surface area contributed by atoms with Gasteiger partial charge in [-0.1, -0.05) is 30.3 Å². The minimum atomic E-state index is -0.421. The summed E-state index contributed by atoms with van der Waals surface area (Å²) in [6, 6.07) is 9.50. The number of amides is 2. The highest BCUT2D eigenvalue weighted by Crippen LogP contribution is 2.37. The molecule has 1 unspecified atom stereocenters. The number of nitrogens with zero attached hydrogens (tertiary/aromatic N) is 2. The molecule has 1 atom stereocenters. The highest BCUT2D eigenvalue weighted by atomic mass is 16.5. The van der Waals surface area contributed by atoms with E-state index in [-0.39, 0.29) is 37.3 Å². The molecule has 0 aliphatic carbocycles. The predicted octanol–water partition coefficient (Wildman–Crippen LogP) is 2.46. The lowest BCUT2D eigenvalue weighted by molar-refractivity contribution is -0.142. The second kappa shape index (κ2) is 8.37. The Bertz CT molecular complexity index is 751. The number of rotatable bonds is 5. The molecule has 2 heterocycles. The fourth-order valence-electron chi connectivity index (χ4n) is 3.85. The number of carbonyl (C=O) groups excluding carboxylic acids is 3. The van der Waals surface area contributed by atoms with Crippen LogP contribution >= 0.6 is 0 Å². The second-order valence-corrected chi connectivity index (χ2v) is 6.95. The van der Waals surface area contributed by atoms with E-state index in [2.05, 4.69) is 0 Å². The molecular weight excluding hydrogens is 344 g/mol. The Morgan fingerprint density at radius 3 is 2.44 bits per heavy atom. The van der Waals surface area contributed by atoms with E-state index in [1.807, 2.05) is 30.3 Å². The van der Waals surface area contributed by atoms with Crippen molar-refractivity contribution in [3.63, 3.8) is 0 Å². The van der Waals surface area contributed by atoms with E-state index < -0.39 is 5.97 Å². The molecule has 0 aromatic heterocycles. The molecule has 2 aliphatic heterocycles. The van der Waals surface area contributed by atoms with Gasteiger partial charge in [0.2, 0.25) is 11.8 Å². The molecule has 0 spiro atoms. The van der Waals surface area contributed by atoms with E-state index in [9.17, 15) is 14.4 Å². The molecule has 1 saturated heterocycles. The Balaban J connectivity index is 1.93. The quantitative estimate of drug-likeness (QED) is 0.747. The van der Waals surface area contributed by atoms with Crippen LogP contribution in [0.25, 0.3) is 0 Å². The molecule has 0 radical (unpaired) electrons. The Morgan fingerprint density at radius 1 is 1.15 bits per heavy atom. The van der Waals surface area contributed by atoms with Gasteiger partial charge in [0.15, 0.2) is 0 Å². The number of hydrogen-bond donors (Lipinski definition) is 0. The van der Waals surface area contributed by atoms with Crippen LogP contribution in [0.4, 0.5) is 0 Å². The number of allylic oxidation sites excluding steroid dienone is 1. The average molecular weight is 370 g/mol. The normalized spacial score (nSPS) is 20.2. The van der Waals surface area contributed by atoms with Gasteiger partial charge in [-0.15, -0.1) is 0 Å². The fourth-order valence-corrected chi connectivity index (χ4v) is 3.85. The van der Waals surface area contributed by atoms with Crippen molar-refractivity contribution < 1.29 is 19.1 Å². The molecule has 1 fully saturated rings. The van der Waals surface area contributed by atoms with E-state index >= 15 is 0 Å². The SMILES string of the molecule is CCOC(=O)C1=C(C)N(CC(=O)N2CCCC2)C(=O)CC1c1ccccc1. The summed E-state index contributed by atoms with van der Waals surface area (Å²) >= 11 is 0. The zero-order valence-corrected chi connectivity index (χ0v) is 15.9. The Kier molecular flexibility index (Phi) is 5.94. The van der Waals surface area contributed by atoms with Crippen molar-refractivity contribution in [2.75, 3.05) is 26.2 Å². The summed E-state index contributed by atoms with van der Waals surface area (Å²) < 4.78 is 5.26. The van der Waals surface area contributed by atoms with E-state index in [4.69, 9.17) is 4.74 Å². The molecule has 0 bridgehead atoms. The molecule has 1 aromatic carbocycles. The lowest BCUT2D eigenvalue weighted by Crippen LogP contribution is -2.44. The van der Waals surface area contributed by atoms with E-state index in [1.54, 1.807) is 18.7 Å². The zero-order valence-electron chi connectivity index (χ0n) is 15.9. The first kappa shape index (κ1) is 19.1. The number of likely N-dealkylation sites (tertiary alicyclic amines) is 1. The van der Waals surface area contributed by atoms with Gasteiger partial charge in [-0.05, 0) is 32.3 Å². The first-order valence-electron chi connectivity index (χ1n) is 9.54. The minimum Gasteiger partial charge on any atom is -0.463 e. The van der Waals surface area contributed by atoms with Gasteiger partial charge in [-0.25, -0.2) is 4.79 Å². The highest BCUT2D eigenvalue weighted by Gasteiger charge is 2.38. The maximum atomic E-state index is 12.8. The molecule has 0 N–H and O–H groups in total. The van der Waals surface area contributed by atoms with Gasteiger partial charge in [-0.3, -0.25) is 9.59 Å². The largest absolute Gasteiger partial charge is 0.463 e. The second-order valence-electron chi connectivity index (χ2n) is 6.95. The van der Waals surface area contributed by atoms with Crippen LogP contribution in [0, 0.1) is 0 Å². The summed E-state index contributed by atoms with van der Waals surface area (Å²) in [5.41, 5.74) is 1.89. The van der Waals surface area contributed by atoms with Crippen molar-refractivity contribution in [1.29, 1.82) is 0 Å². The number of esters is 1. The molecule has 1 aromatic rings. The van der Waals surface area contributed by atoms with Crippen molar-refractivity contribution in [3.05, 3.63) is 47.2 Å². The molecule has 6 heteroatoms. The molecule has 27 heavy (non-hydrogen) atoms. The minimum absolute atomic E-state index is 0.0188. The van der Waals surface area contributed by atoms with Crippen molar-refractivity contribution >= 4 is 17.8 Å². The number of hydrogen-bond acceptors (Lipinski definition) is 4.